The number of aliphatic hydroxyl groups excluding tert-OH is 1. The summed E-state index contributed by atoms with van der Waals surface area (Å²) < 4.78 is 17.0. The first-order chi connectivity index (χ1) is 17.7. The Morgan fingerprint density at radius 3 is 2.41 bits per heavy atom. The summed E-state index contributed by atoms with van der Waals surface area (Å²) in [4.78, 5) is 28.1. The van der Waals surface area contributed by atoms with Crippen LogP contribution in [0.5, 0.6) is 11.5 Å². The maximum atomic E-state index is 13.4. The van der Waals surface area contributed by atoms with Gasteiger partial charge >= 0.3 is 0 Å². The Balaban J connectivity index is 1.89. The lowest BCUT2D eigenvalue weighted by Crippen LogP contribution is -2.29. The number of carbonyl (C=O) groups is 2. The van der Waals surface area contributed by atoms with E-state index in [-0.39, 0.29) is 23.3 Å². The van der Waals surface area contributed by atoms with Crippen molar-refractivity contribution in [1.82, 2.24) is 4.90 Å². The minimum absolute atomic E-state index is 0.0224. The Kier molecular flexibility index (Phi) is 7.43. The molecular formula is C30H33NO6. The molecule has 1 N–H and O–H groups in total. The number of ether oxygens (including phenoxy) is 2. The van der Waals surface area contributed by atoms with Crippen LogP contribution in [0, 0.1) is 0 Å². The third-order valence-electron chi connectivity index (χ3n) is 6.29. The van der Waals surface area contributed by atoms with E-state index in [0.29, 0.717) is 41.6 Å². The standard InChI is InChI=1S/C30H33NO6/c1-6-35-21-11-8-10-19(16-21)26-25(28(33)29(34)31(26)18-22-12-9-15-37-22)27(32)20-13-14-24(36-7-2)23(17-20)30(3,4)5/h8-17,26,32H,6-7,18H2,1-5H3/b27-25+. The molecule has 7 nitrogen and oxygen atoms in total. The van der Waals surface area contributed by atoms with Crippen molar-refractivity contribution in [3.63, 3.8) is 0 Å². The van der Waals surface area contributed by atoms with Gasteiger partial charge in [-0.1, -0.05) is 32.9 Å². The molecule has 0 saturated carbocycles. The van der Waals surface area contributed by atoms with E-state index in [9.17, 15) is 14.7 Å². The molecule has 0 radical (unpaired) electrons. The van der Waals surface area contributed by atoms with Crippen LogP contribution >= 0.6 is 0 Å². The molecule has 4 rings (SSSR count). The highest BCUT2D eigenvalue weighted by atomic mass is 16.5. The van der Waals surface area contributed by atoms with Gasteiger partial charge < -0.3 is 23.9 Å². The molecule has 0 spiro atoms. The summed E-state index contributed by atoms with van der Waals surface area (Å²) in [5.41, 5.74) is 1.72. The van der Waals surface area contributed by atoms with Gasteiger partial charge in [0.25, 0.3) is 11.7 Å². The molecule has 1 atom stereocenters. The van der Waals surface area contributed by atoms with Gasteiger partial charge in [0, 0.05) is 11.1 Å². The van der Waals surface area contributed by atoms with Crippen LogP contribution in [0.1, 0.15) is 63.1 Å². The van der Waals surface area contributed by atoms with Crippen molar-refractivity contribution in [2.75, 3.05) is 13.2 Å². The van der Waals surface area contributed by atoms with E-state index in [2.05, 4.69) is 20.8 Å². The first-order valence-electron chi connectivity index (χ1n) is 12.5. The van der Waals surface area contributed by atoms with E-state index in [0.717, 1.165) is 5.56 Å². The second kappa shape index (κ2) is 10.5. The van der Waals surface area contributed by atoms with Crippen LogP contribution in [0.4, 0.5) is 0 Å². The smallest absolute Gasteiger partial charge is 0.296 e. The number of Topliss-reactive ketones (excluding diaryl/α,β-unsaturated/α-hetero) is 1. The van der Waals surface area contributed by atoms with Gasteiger partial charge in [0.15, 0.2) is 0 Å². The Morgan fingerprint density at radius 2 is 1.76 bits per heavy atom. The van der Waals surface area contributed by atoms with Crippen molar-refractivity contribution in [3.05, 3.63) is 88.9 Å². The molecular weight excluding hydrogens is 470 g/mol. The van der Waals surface area contributed by atoms with Crippen molar-refractivity contribution < 1.29 is 28.6 Å². The summed E-state index contributed by atoms with van der Waals surface area (Å²) >= 11 is 0. The number of rotatable bonds is 8. The van der Waals surface area contributed by atoms with Gasteiger partial charge in [-0.15, -0.1) is 0 Å². The topological polar surface area (TPSA) is 89.2 Å². The first kappa shape index (κ1) is 26.1. The van der Waals surface area contributed by atoms with Crippen molar-refractivity contribution >= 4 is 17.4 Å². The normalized spacial score (nSPS) is 17.3. The Morgan fingerprint density at radius 1 is 1.00 bits per heavy atom. The first-order valence-corrected chi connectivity index (χ1v) is 12.5. The number of amides is 1. The minimum Gasteiger partial charge on any atom is -0.507 e. The average molecular weight is 504 g/mol. The summed E-state index contributed by atoms with van der Waals surface area (Å²) in [5, 5.41) is 11.6. The number of carbonyl (C=O) groups excluding carboxylic acids is 2. The molecule has 1 unspecified atom stereocenters. The lowest BCUT2D eigenvalue weighted by Gasteiger charge is -2.26. The fourth-order valence-corrected chi connectivity index (χ4v) is 4.60. The molecule has 2 aromatic carbocycles. The molecule has 1 aliphatic rings. The summed E-state index contributed by atoms with van der Waals surface area (Å²) in [6.07, 6.45) is 1.52. The SMILES string of the molecule is CCOc1cccc(C2/C(=C(\O)c3ccc(OCC)c(C(C)(C)C)c3)C(=O)C(=O)N2Cc2ccco2)c1. The number of hydrogen-bond acceptors (Lipinski definition) is 6. The number of likely N-dealkylation sites (tertiary alicyclic amines) is 1. The van der Waals surface area contributed by atoms with Gasteiger partial charge in [-0.05, 0) is 67.3 Å². The Bertz CT molecular complexity index is 1320. The number of ketones is 1. The predicted molar refractivity (Wildman–Crippen MR) is 140 cm³/mol. The summed E-state index contributed by atoms with van der Waals surface area (Å²) in [5.74, 6) is 0.170. The highest BCUT2D eigenvalue weighted by molar-refractivity contribution is 6.46. The molecule has 37 heavy (non-hydrogen) atoms. The zero-order valence-corrected chi connectivity index (χ0v) is 21.9. The number of nitrogens with zero attached hydrogens (tertiary/aromatic N) is 1. The van der Waals surface area contributed by atoms with Crippen molar-refractivity contribution in [3.8, 4) is 11.5 Å². The molecule has 1 saturated heterocycles. The molecule has 0 aliphatic carbocycles. The van der Waals surface area contributed by atoms with Crippen LogP contribution in [0.15, 0.2) is 70.9 Å². The molecule has 3 aromatic rings. The largest absolute Gasteiger partial charge is 0.507 e. The summed E-state index contributed by atoms with van der Waals surface area (Å²) in [7, 11) is 0. The van der Waals surface area contributed by atoms with Crippen LogP contribution in [0.2, 0.25) is 0 Å². The molecule has 194 valence electrons. The predicted octanol–water partition coefficient (Wildman–Crippen LogP) is 6.00. The van der Waals surface area contributed by atoms with Gasteiger partial charge in [0.1, 0.15) is 23.0 Å². The van der Waals surface area contributed by atoms with Gasteiger partial charge in [-0.2, -0.15) is 0 Å². The monoisotopic (exact) mass is 503 g/mol. The second-order valence-electron chi connectivity index (χ2n) is 9.91. The lowest BCUT2D eigenvalue weighted by molar-refractivity contribution is -0.140. The van der Waals surface area contributed by atoms with Gasteiger partial charge in [-0.3, -0.25) is 9.59 Å². The minimum atomic E-state index is -0.824. The zero-order valence-electron chi connectivity index (χ0n) is 21.9. The van der Waals surface area contributed by atoms with E-state index < -0.39 is 17.7 Å². The van der Waals surface area contributed by atoms with Crippen LogP contribution in [0.3, 0.4) is 0 Å². The quantitative estimate of drug-likeness (QED) is 0.231. The third kappa shape index (κ3) is 5.26. The number of benzene rings is 2. The van der Waals surface area contributed by atoms with Crippen LogP contribution in [0.25, 0.3) is 5.76 Å². The summed E-state index contributed by atoms with van der Waals surface area (Å²) in [6.45, 7) is 11.0. The molecule has 1 fully saturated rings. The number of hydrogen-bond donors (Lipinski definition) is 1. The fourth-order valence-electron chi connectivity index (χ4n) is 4.60. The van der Waals surface area contributed by atoms with Crippen LogP contribution in [-0.4, -0.2) is 34.9 Å². The molecule has 2 heterocycles. The van der Waals surface area contributed by atoms with Crippen molar-refractivity contribution in [2.45, 2.75) is 52.6 Å². The average Bonchev–Trinajstić information content (AvgIpc) is 3.46. The van der Waals surface area contributed by atoms with Gasteiger partial charge in [-0.25, -0.2) is 0 Å². The maximum absolute atomic E-state index is 13.4. The van der Waals surface area contributed by atoms with Crippen molar-refractivity contribution in [2.24, 2.45) is 0 Å². The number of aliphatic hydroxyl groups is 1. The second-order valence-corrected chi connectivity index (χ2v) is 9.91. The molecule has 1 aromatic heterocycles. The third-order valence-corrected chi connectivity index (χ3v) is 6.29. The van der Waals surface area contributed by atoms with Gasteiger partial charge in [0.05, 0.1) is 37.6 Å². The Labute approximate surface area is 217 Å². The van der Waals surface area contributed by atoms with E-state index in [1.807, 2.05) is 38.1 Å². The molecule has 0 bridgehead atoms. The molecule has 1 aliphatic heterocycles. The highest BCUT2D eigenvalue weighted by Gasteiger charge is 2.46. The zero-order chi connectivity index (χ0) is 26.7. The fraction of sp³-hybridized carbons (Fsp3) is 0.333. The molecule has 7 heteroatoms. The van der Waals surface area contributed by atoms with Crippen LogP contribution < -0.4 is 9.47 Å². The van der Waals surface area contributed by atoms with Crippen LogP contribution in [-0.2, 0) is 21.5 Å². The Hall–Kier alpha value is -4.00. The van der Waals surface area contributed by atoms with E-state index in [1.54, 1.807) is 30.3 Å². The highest BCUT2D eigenvalue weighted by Crippen LogP contribution is 2.42. The molecule has 1 amide bonds. The lowest BCUT2D eigenvalue weighted by atomic mass is 9.84. The summed E-state index contributed by atoms with van der Waals surface area (Å²) in [6, 6.07) is 15.2. The van der Waals surface area contributed by atoms with Gasteiger partial charge in [0.2, 0.25) is 0 Å². The number of furan rings is 1. The maximum Gasteiger partial charge on any atom is 0.296 e. The van der Waals surface area contributed by atoms with E-state index in [1.165, 1.54) is 11.2 Å². The van der Waals surface area contributed by atoms with E-state index >= 15 is 0 Å². The van der Waals surface area contributed by atoms with E-state index in [4.69, 9.17) is 13.9 Å². The van der Waals surface area contributed by atoms with Crippen molar-refractivity contribution in [1.29, 1.82) is 0 Å².